The zero-order valence-corrected chi connectivity index (χ0v) is 15.1. The standard InChI is InChI=1S/C21H32O2/c1-13(22)17-8-9-18-16-7-5-14-4-6-15(23)12-21(14,3)19(16)10-11-20(17,18)2/h14,16-19H,4-12H2,1-3H3/t14-,16+,17+,18-,19+,20-,21+/m1/s1. The predicted molar refractivity (Wildman–Crippen MR) is 90.9 cm³/mol. The summed E-state index contributed by atoms with van der Waals surface area (Å²) in [6, 6.07) is 0. The minimum absolute atomic E-state index is 0.245. The SMILES string of the molecule is CC(=O)[C@@H]1CC[C@@H]2[C@@H]3CC[C@H]4CCC(=O)C[C@]4(C)[C@H]3CC[C@@]21C. The lowest BCUT2D eigenvalue weighted by Gasteiger charge is -2.60. The molecule has 0 aromatic carbocycles. The van der Waals surface area contributed by atoms with E-state index in [0.717, 1.165) is 49.4 Å². The summed E-state index contributed by atoms with van der Waals surface area (Å²) in [4.78, 5) is 24.3. The van der Waals surface area contributed by atoms with E-state index in [1.165, 1.54) is 32.1 Å². The Morgan fingerprint density at radius 2 is 1.70 bits per heavy atom. The molecule has 4 rings (SSSR count). The molecule has 128 valence electrons. The van der Waals surface area contributed by atoms with Crippen LogP contribution in [-0.4, -0.2) is 11.6 Å². The first-order chi connectivity index (χ1) is 10.9. The molecule has 0 N–H and O–H groups in total. The molecule has 4 fully saturated rings. The van der Waals surface area contributed by atoms with E-state index in [1.54, 1.807) is 0 Å². The summed E-state index contributed by atoms with van der Waals surface area (Å²) in [5.74, 6) is 4.22. The highest BCUT2D eigenvalue weighted by atomic mass is 16.1. The molecular formula is C21H32O2. The quantitative estimate of drug-likeness (QED) is 0.696. The zero-order chi connectivity index (χ0) is 16.4. The molecule has 0 spiro atoms. The van der Waals surface area contributed by atoms with Gasteiger partial charge in [0, 0.05) is 18.8 Å². The third-order valence-electron chi connectivity index (χ3n) is 8.91. The van der Waals surface area contributed by atoms with Crippen LogP contribution in [0.25, 0.3) is 0 Å². The summed E-state index contributed by atoms with van der Waals surface area (Å²) in [6.45, 7) is 6.65. The van der Waals surface area contributed by atoms with Crippen LogP contribution in [0.4, 0.5) is 0 Å². The summed E-state index contributed by atoms with van der Waals surface area (Å²) >= 11 is 0. The molecule has 0 bridgehead atoms. The van der Waals surface area contributed by atoms with E-state index in [9.17, 15) is 9.59 Å². The number of hydrogen-bond donors (Lipinski definition) is 0. The molecule has 0 aliphatic heterocycles. The molecule has 7 atom stereocenters. The number of carbonyl (C=O) groups excluding carboxylic acids is 2. The topological polar surface area (TPSA) is 34.1 Å². The number of carbonyl (C=O) groups is 2. The van der Waals surface area contributed by atoms with Crippen LogP contribution in [0.1, 0.15) is 78.6 Å². The molecule has 23 heavy (non-hydrogen) atoms. The molecule has 0 saturated heterocycles. The maximum absolute atomic E-state index is 12.2. The third-order valence-corrected chi connectivity index (χ3v) is 8.91. The smallest absolute Gasteiger partial charge is 0.133 e. The van der Waals surface area contributed by atoms with Crippen molar-refractivity contribution in [1.82, 2.24) is 0 Å². The number of hydrogen-bond acceptors (Lipinski definition) is 2. The van der Waals surface area contributed by atoms with Gasteiger partial charge in [0.2, 0.25) is 0 Å². The van der Waals surface area contributed by atoms with Gasteiger partial charge in [0.05, 0.1) is 0 Å². The summed E-state index contributed by atoms with van der Waals surface area (Å²) < 4.78 is 0. The van der Waals surface area contributed by atoms with Gasteiger partial charge in [-0.2, -0.15) is 0 Å². The largest absolute Gasteiger partial charge is 0.300 e. The van der Waals surface area contributed by atoms with Crippen molar-refractivity contribution in [2.75, 3.05) is 0 Å². The predicted octanol–water partition coefficient (Wildman–Crippen LogP) is 4.80. The van der Waals surface area contributed by atoms with Gasteiger partial charge in [-0.1, -0.05) is 13.8 Å². The minimum Gasteiger partial charge on any atom is -0.300 e. The van der Waals surface area contributed by atoms with Gasteiger partial charge in [-0.3, -0.25) is 9.59 Å². The van der Waals surface area contributed by atoms with Crippen molar-refractivity contribution < 1.29 is 9.59 Å². The maximum atomic E-state index is 12.2. The molecule has 0 radical (unpaired) electrons. The van der Waals surface area contributed by atoms with Gasteiger partial charge >= 0.3 is 0 Å². The normalized spacial score (nSPS) is 52.5. The first kappa shape index (κ1) is 15.8. The monoisotopic (exact) mass is 316 g/mol. The van der Waals surface area contributed by atoms with E-state index in [1.807, 2.05) is 6.92 Å². The van der Waals surface area contributed by atoms with Gasteiger partial charge in [0.25, 0.3) is 0 Å². The molecule has 4 saturated carbocycles. The number of Topliss-reactive ketones (excluding diaryl/α,β-unsaturated/α-hetero) is 2. The molecule has 0 amide bonds. The molecular weight excluding hydrogens is 284 g/mol. The third kappa shape index (κ3) is 2.12. The van der Waals surface area contributed by atoms with Crippen molar-refractivity contribution >= 4 is 11.6 Å². The Morgan fingerprint density at radius 3 is 2.43 bits per heavy atom. The molecule has 2 heteroatoms. The van der Waals surface area contributed by atoms with Crippen molar-refractivity contribution in [3.05, 3.63) is 0 Å². The summed E-state index contributed by atoms with van der Waals surface area (Å²) in [6.07, 6.45) is 10.3. The lowest BCUT2D eigenvalue weighted by Crippen LogP contribution is -2.54. The van der Waals surface area contributed by atoms with Gasteiger partial charge in [-0.25, -0.2) is 0 Å². The molecule has 4 aliphatic carbocycles. The number of rotatable bonds is 1. The van der Waals surface area contributed by atoms with E-state index in [4.69, 9.17) is 0 Å². The highest BCUT2D eigenvalue weighted by Gasteiger charge is 2.60. The number of fused-ring (bicyclic) bond motifs is 5. The fourth-order valence-electron chi connectivity index (χ4n) is 7.80. The zero-order valence-electron chi connectivity index (χ0n) is 15.1. The second kappa shape index (κ2) is 5.17. The molecule has 0 aromatic heterocycles. The second-order valence-electron chi connectivity index (χ2n) is 9.70. The molecule has 0 aromatic rings. The summed E-state index contributed by atoms with van der Waals surface area (Å²) in [5.41, 5.74) is 0.503. The molecule has 0 heterocycles. The van der Waals surface area contributed by atoms with Crippen LogP contribution in [0.2, 0.25) is 0 Å². The van der Waals surface area contributed by atoms with E-state index < -0.39 is 0 Å². The Labute approximate surface area is 140 Å². The molecule has 2 nitrogen and oxygen atoms in total. The van der Waals surface area contributed by atoms with Gasteiger partial charge in [0.1, 0.15) is 11.6 Å². The lowest BCUT2D eigenvalue weighted by atomic mass is 9.44. The Balaban J connectivity index is 1.64. The van der Waals surface area contributed by atoms with Crippen LogP contribution in [0, 0.1) is 40.4 Å². The highest BCUT2D eigenvalue weighted by Crippen LogP contribution is 2.67. The molecule has 0 unspecified atom stereocenters. The first-order valence-corrected chi connectivity index (χ1v) is 9.88. The van der Waals surface area contributed by atoms with Crippen LogP contribution in [0.3, 0.4) is 0 Å². The Kier molecular flexibility index (Phi) is 3.56. The fraction of sp³-hybridized carbons (Fsp3) is 0.905. The first-order valence-electron chi connectivity index (χ1n) is 9.88. The fourth-order valence-corrected chi connectivity index (χ4v) is 7.80. The van der Waals surface area contributed by atoms with Crippen LogP contribution < -0.4 is 0 Å². The Hall–Kier alpha value is -0.660. The van der Waals surface area contributed by atoms with E-state index >= 15 is 0 Å². The minimum atomic E-state index is 0.245. The summed E-state index contributed by atoms with van der Waals surface area (Å²) in [7, 11) is 0. The van der Waals surface area contributed by atoms with E-state index in [-0.39, 0.29) is 10.8 Å². The van der Waals surface area contributed by atoms with Crippen LogP contribution in [0.15, 0.2) is 0 Å². The van der Waals surface area contributed by atoms with Crippen molar-refractivity contribution in [2.24, 2.45) is 40.4 Å². The van der Waals surface area contributed by atoms with Gasteiger partial charge < -0.3 is 0 Å². The average Bonchev–Trinajstić information content (AvgIpc) is 2.83. The van der Waals surface area contributed by atoms with Gasteiger partial charge in [-0.15, -0.1) is 0 Å². The van der Waals surface area contributed by atoms with E-state index in [0.29, 0.717) is 17.5 Å². The van der Waals surface area contributed by atoms with Crippen molar-refractivity contribution in [3.8, 4) is 0 Å². The van der Waals surface area contributed by atoms with E-state index in [2.05, 4.69) is 13.8 Å². The van der Waals surface area contributed by atoms with Crippen LogP contribution >= 0.6 is 0 Å². The Bertz CT molecular complexity index is 538. The van der Waals surface area contributed by atoms with Crippen LogP contribution in [-0.2, 0) is 9.59 Å². The number of ketones is 2. The average molecular weight is 316 g/mol. The Morgan fingerprint density at radius 1 is 0.957 bits per heavy atom. The van der Waals surface area contributed by atoms with Crippen LogP contribution in [0.5, 0.6) is 0 Å². The van der Waals surface area contributed by atoms with Crippen molar-refractivity contribution in [3.63, 3.8) is 0 Å². The maximum Gasteiger partial charge on any atom is 0.133 e. The highest BCUT2D eigenvalue weighted by molar-refractivity contribution is 5.80. The second-order valence-corrected chi connectivity index (χ2v) is 9.70. The van der Waals surface area contributed by atoms with Crippen molar-refractivity contribution in [2.45, 2.75) is 78.6 Å². The van der Waals surface area contributed by atoms with Gasteiger partial charge in [0.15, 0.2) is 0 Å². The lowest BCUT2D eigenvalue weighted by molar-refractivity contribution is -0.143. The van der Waals surface area contributed by atoms with Gasteiger partial charge in [-0.05, 0) is 86.4 Å². The summed E-state index contributed by atoms with van der Waals surface area (Å²) in [5, 5.41) is 0. The van der Waals surface area contributed by atoms with Crippen molar-refractivity contribution in [1.29, 1.82) is 0 Å². The molecule has 4 aliphatic rings.